The number of nitrogens with zero attached hydrogens (tertiary/aromatic N) is 2. The molecular formula is C33H36N2O3S. The fourth-order valence-corrected chi connectivity index (χ4v) is 5.33. The molecule has 4 aromatic rings. The molecule has 0 radical (unpaired) electrons. The summed E-state index contributed by atoms with van der Waals surface area (Å²) >= 11 is 1.66. The van der Waals surface area contributed by atoms with Crippen LogP contribution < -0.4 is 0 Å². The lowest BCUT2D eigenvalue weighted by molar-refractivity contribution is -0.133. The Hall–Kier alpha value is -3.74. The number of rotatable bonds is 13. The van der Waals surface area contributed by atoms with Crippen molar-refractivity contribution in [2.75, 3.05) is 26.3 Å². The van der Waals surface area contributed by atoms with Crippen molar-refractivity contribution in [3.63, 3.8) is 0 Å². The first kappa shape index (κ1) is 28.3. The summed E-state index contributed by atoms with van der Waals surface area (Å²) in [5.41, 5.74) is 4.95. The lowest BCUT2D eigenvalue weighted by atomic mass is 10.0. The van der Waals surface area contributed by atoms with E-state index in [-0.39, 0.29) is 18.4 Å². The quantitative estimate of drug-likeness (QED) is 0.175. The third kappa shape index (κ3) is 8.12. The van der Waals surface area contributed by atoms with E-state index in [1.54, 1.807) is 16.2 Å². The zero-order chi connectivity index (χ0) is 27.5. The van der Waals surface area contributed by atoms with Crippen LogP contribution in [0.5, 0.6) is 0 Å². The van der Waals surface area contributed by atoms with Crippen molar-refractivity contribution in [1.82, 2.24) is 9.80 Å². The van der Waals surface area contributed by atoms with Crippen molar-refractivity contribution in [2.24, 2.45) is 0 Å². The van der Waals surface area contributed by atoms with Crippen molar-refractivity contribution >= 4 is 23.2 Å². The maximum Gasteiger partial charge on any atom is 0.254 e. The molecule has 0 saturated heterocycles. The van der Waals surface area contributed by atoms with Gasteiger partial charge >= 0.3 is 0 Å². The third-order valence-corrected chi connectivity index (χ3v) is 7.65. The molecule has 0 spiro atoms. The molecule has 1 aromatic heterocycles. The highest BCUT2D eigenvalue weighted by Gasteiger charge is 2.23. The second-order valence-corrected chi connectivity index (χ2v) is 10.5. The minimum Gasteiger partial charge on any atom is -0.382 e. The molecule has 0 unspecified atom stereocenters. The van der Waals surface area contributed by atoms with Gasteiger partial charge in [0.1, 0.15) is 6.54 Å². The molecule has 39 heavy (non-hydrogen) atoms. The number of amides is 2. The molecule has 0 N–H and O–H groups in total. The van der Waals surface area contributed by atoms with Gasteiger partial charge in [-0.1, -0.05) is 72.8 Å². The monoisotopic (exact) mass is 540 g/mol. The highest BCUT2D eigenvalue weighted by molar-refractivity contribution is 7.10. The second-order valence-electron chi connectivity index (χ2n) is 9.48. The average Bonchev–Trinajstić information content (AvgIpc) is 3.39. The summed E-state index contributed by atoms with van der Waals surface area (Å²) in [4.78, 5) is 32.1. The lowest BCUT2D eigenvalue weighted by Gasteiger charge is -2.28. The Kier molecular flexibility index (Phi) is 10.5. The average molecular weight is 541 g/mol. The van der Waals surface area contributed by atoms with Gasteiger partial charge in [0.2, 0.25) is 5.91 Å². The Morgan fingerprint density at radius 2 is 1.46 bits per heavy atom. The number of aryl methyl sites for hydroxylation is 1. The molecule has 4 rings (SSSR count). The molecule has 0 saturated carbocycles. The van der Waals surface area contributed by atoms with E-state index in [0.717, 1.165) is 21.6 Å². The standard InChI is InChI=1S/C33H36N2O3S/c1-3-38-21-10-20-34(33(37)30-17-15-29(16-18-30)28-13-8-5-9-14-28)25-32(36)35(23-27-11-6-4-7-12-27)24-31-26(2)19-22-39-31/h4-9,11-19,22H,3,10,20-21,23-25H2,1-2H3. The van der Waals surface area contributed by atoms with E-state index < -0.39 is 0 Å². The number of thiophene rings is 1. The Bertz CT molecular complexity index is 1320. The van der Waals surface area contributed by atoms with E-state index in [1.807, 2.05) is 96.8 Å². The highest BCUT2D eigenvalue weighted by atomic mass is 32.1. The number of hydrogen-bond donors (Lipinski definition) is 0. The second kappa shape index (κ2) is 14.4. The van der Waals surface area contributed by atoms with Gasteiger partial charge in [0.05, 0.1) is 6.54 Å². The maximum absolute atomic E-state index is 13.8. The van der Waals surface area contributed by atoms with Crippen molar-refractivity contribution in [1.29, 1.82) is 0 Å². The maximum atomic E-state index is 13.8. The van der Waals surface area contributed by atoms with Gasteiger partial charge in [0, 0.05) is 36.7 Å². The predicted octanol–water partition coefficient (Wildman–Crippen LogP) is 6.82. The molecule has 2 amide bonds. The summed E-state index contributed by atoms with van der Waals surface area (Å²) < 4.78 is 5.52. The summed E-state index contributed by atoms with van der Waals surface area (Å²) in [7, 11) is 0. The zero-order valence-electron chi connectivity index (χ0n) is 22.7. The largest absolute Gasteiger partial charge is 0.382 e. The van der Waals surface area contributed by atoms with Crippen LogP contribution >= 0.6 is 11.3 Å². The smallest absolute Gasteiger partial charge is 0.254 e. The van der Waals surface area contributed by atoms with E-state index in [2.05, 4.69) is 18.4 Å². The van der Waals surface area contributed by atoms with Crippen LogP contribution in [0, 0.1) is 6.92 Å². The first-order valence-electron chi connectivity index (χ1n) is 13.4. The molecule has 0 atom stereocenters. The van der Waals surface area contributed by atoms with Crippen LogP contribution in [0.3, 0.4) is 0 Å². The van der Waals surface area contributed by atoms with E-state index in [4.69, 9.17) is 4.74 Å². The number of carbonyl (C=O) groups is 2. The van der Waals surface area contributed by atoms with Crippen molar-refractivity contribution in [3.05, 3.63) is 118 Å². The van der Waals surface area contributed by atoms with Crippen molar-refractivity contribution in [3.8, 4) is 11.1 Å². The molecule has 0 aliphatic rings. The molecule has 3 aromatic carbocycles. The van der Waals surface area contributed by atoms with Gasteiger partial charge < -0.3 is 14.5 Å². The molecular weight excluding hydrogens is 504 g/mol. The summed E-state index contributed by atoms with van der Waals surface area (Å²) in [6.45, 7) is 6.66. The third-order valence-electron chi connectivity index (χ3n) is 6.64. The molecule has 0 bridgehead atoms. The van der Waals surface area contributed by atoms with Crippen molar-refractivity contribution < 1.29 is 14.3 Å². The van der Waals surface area contributed by atoms with Crippen LogP contribution in [-0.4, -0.2) is 47.9 Å². The van der Waals surface area contributed by atoms with E-state index in [9.17, 15) is 9.59 Å². The van der Waals surface area contributed by atoms with Crippen LogP contribution in [0.4, 0.5) is 0 Å². The zero-order valence-corrected chi connectivity index (χ0v) is 23.5. The fraction of sp³-hybridized carbons (Fsp3) is 0.273. The Balaban J connectivity index is 1.53. The summed E-state index contributed by atoms with van der Waals surface area (Å²) in [6, 6.07) is 29.8. The van der Waals surface area contributed by atoms with Crippen LogP contribution in [0.25, 0.3) is 11.1 Å². The number of carbonyl (C=O) groups excluding carboxylic acids is 2. The Morgan fingerprint density at radius 3 is 2.10 bits per heavy atom. The van der Waals surface area contributed by atoms with Gasteiger partial charge in [0.25, 0.3) is 5.91 Å². The molecule has 1 heterocycles. The number of benzene rings is 3. The Morgan fingerprint density at radius 1 is 0.795 bits per heavy atom. The van der Waals surface area contributed by atoms with Crippen molar-refractivity contribution in [2.45, 2.75) is 33.4 Å². The summed E-state index contributed by atoms with van der Waals surface area (Å²) in [6.07, 6.45) is 0.664. The lowest BCUT2D eigenvalue weighted by Crippen LogP contribution is -2.43. The van der Waals surface area contributed by atoms with Gasteiger partial charge in [-0.2, -0.15) is 0 Å². The number of ether oxygens (including phenoxy) is 1. The SMILES string of the molecule is CCOCCCN(CC(=O)N(Cc1ccccc1)Cc1sccc1C)C(=O)c1ccc(-c2ccccc2)cc1. The highest BCUT2D eigenvalue weighted by Crippen LogP contribution is 2.22. The van der Waals surface area contributed by atoms with Gasteiger partial charge in [-0.3, -0.25) is 9.59 Å². The predicted molar refractivity (Wildman–Crippen MR) is 159 cm³/mol. The first-order chi connectivity index (χ1) is 19.0. The van der Waals surface area contributed by atoms with Crippen LogP contribution in [0.1, 0.15) is 39.7 Å². The van der Waals surface area contributed by atoms with Crippen LogP contribution in [0.2, 0.25) is 0 Å². The van der Waals surface area contributed by atoms with Gasteiger partial charge in [0.15, 0.2) is 0 Å². The normalized spacial score (nSPS) is 10.8. The number of hydrogen-bond acceptors (Lipinski definition) is 4. The van der Waals surface area contributed by atoms with Crippen LogP contribution in [-0.2, 0) is 22.6 Å². The minimum absolute atomic E-state index is 0.0165. The topological polar surface area (TPSA) is 49.9 Å². The van der Waals surface area contributed by atoms with Gasteiger partial charge in [-0.05, 0) is 66.1 Å². The molecule has 202 valence electrons. The first-order valence-corrected chi connectivity index (χ1v) is 14.3. The molecule has 6 heteroatoms. The molecule has 0 fully saturated rings. The molecule has 0 aliphatic carbocycles. The van der Waals surface area contributed by atoms with Gasteiger partial charge in [-0.25, -0.2) is 0 Å². The van der Waals surface area contributed by atoms with E-state index in [0.29, 0.717) is 44.8 Å². The van der Waals surface area contributed by atoms with Gasteiger partial charge in [-0.15, -0.1) is 11.3 Å². The van der Waals surface area contributed by atoms with E-state index >= 15 is 0 Å². The summed E-state index contributed by atoms with van der Waals surface area (Å²) in [5, 5.41) is 2.05. The molecule has 5 nitrogen and oxygen atoms in total. The molecule has 0 aliphatic heterocycles. The van der Waals surface area contributed by atoms with E-state index in [1.165, 1.54) is 5.56 Å². The summed E-state index contributed by atoms with van der Waals surface area (Å²) in [5.74, 6) is -0.219. The van der Waals surface area contributed by atoms with Crippen LogP contribution in [0.15, 0.2) is 96.4 Å². The Labute approximate surface area is 235 Å². The fourth-order valence-electron chi connectivity index (χ4n) is 4.41. The minimum atomic E-state index is -0.147.